The molecule has 0 unspecified atom stereocenters. The minimum absolute atomic E-state index is 0.419. The predicted octanol–water partition coefficient (Wildman–Crippen LogP) is 3.18. The summed E-state index contributed by atoms with van der Waals surface area (Å²) in [5, 5.41) is 0. The SMILES string of the molecule is CN(c1nc(CCl)co1)C1CCCCC1. The molecule has 1 aromatic rings. The van der Waals surface area contributed by atoms with Crippen molar-refractivity contribution in [3.8, 4) is 0 Å². The molecule has 1 aliphatic rings. The van der Waals surface area contributed by atoms with Gasteiger partial charge in [-0.25, -0.2) is 0 Å². The normalized spacial score (nSPS) is 18.0. The van der Waals surface area contributed by atoms with E-state index in [4.69, 9.17) is 16.0 Å². The molecule has 0 saturated heterocycles. The number of oxazole rings is 1. The van der Waals surface area contributed by atoms with Crippen LogP contribution in [0.5, 0.6) is 0 Å². The van der Waals surface area contributed by atoms with Gasteiger partial charge in [-0.05, 0) is 12.8 Å². The molecule has 1 aromatic heterocycles. The maximum atomic E-state index is 5.69. The molecule has 84 valence electrons. The Morgan fingerprint density at radius 2 is 2.20 bits per heavy atom. The molecule has 0 bridgehead atoms. The maximum Gasteiger partial charge on any atom is 0.297 e. The Balaban J connectivity index is 2.02. The Labute approximate surface area is 95.4 Å². The van der Waals surface area contributed by atoms with Gasteiger partial charge in [-0.3, -0.25) is 0 Å². The summed E-state index contributed by atoms with van der Waals surface area (Å²) in [5.41, 5.74) is 0.814. The first-order valence-electron chi connectivity index (χ1n) is 5.54. The summed E-state index contributed by atoms with van der Waals surface area (Å²) >= 11 is 5.69. The second-order valence-corrected chi connectivity index (χ2v) is 4.43. The van der Waals surface area contributed by atoms with Crippen LogP contribution in [0.25, 0.3) is 0 Å². The summed E-state index contributed by atoms with van der Waals surface area (Å²) in [7, 11) is 2.06. The summed E-state index contributed by atoms with van der Waals surface area (Å²) in [6, 6.07) is 1.29. The number of aromatic nitrogens is 1. The van der Waals surface area contributed by atoms with Crippen molar-refractivity contribution in [1.82, 2.24) is 4.98 Å². The number of anilines is 1. The van der Waals surface area contributed by atoms with E-state index in [0.717, 1.165) is 5.69 Å². The van der Waals surface area contributed by atoms with Crippen LogP contribution in [0, 0.1) is 0 Å². The quantitative estimate of drug-likeness (QED) is 0.745. The maximum absolute atomic E-state index is 5.69. The number of alkyl halides is 1. The van der Waals surface area contributed by atoms with Crippen molar-refractivity contribution in [2.75, 3.05) is 11.9 Å². The highest BCUT2D eigenvalue weighted by Gasteiger charge is 2.21. The highest BCUT2D eigenvalue weighted by atomic mass is 35.5. The van der Waals surface area contributed by atoms with E-state index < -0.39 is 0 Å². The van der Waals surface area contributed by atoms with E-state index in [1.54, 1.807) is 6.26 Å². The number of hydrogen-bond acceptors (Lipinski definition) is 3. The Morgan fingerprint density at radius 1 is 1.47 bits per heavy atom. The molecule has 0 atom stereocenters. The second-order valence-electron chi connectivity index (χ2n) is 4.16. The zero-order valence-electron chi connectivity index (χ0n) is 9.08. The van der Waals surface area contributed by atoms with Crippen LogP contribution in [-0.4, -0.2) is 18.1 Å². The summed E-state index contributed by atoms with van der Waals surface area (Å²) in [5.74, 6) is 0.419. The third-order valence-corrected chi connectivity index (χ3v) is 3.37. The predicted molar refractivity (Wildman–Crippen MR) is 61.3 cm³/mol. The number of nitrogens with zero attached hydrogens (tertiary/aromatic N) is 2. The molecule has 0 N–H and O–H groups in total. The molecule has 1 aliphatic carbocycles. The minimum atomic E-state index is 0.419. The molecule has 0 radical (unpaired) electrons. The van der Waals surface area contributed by atoms with Crippen LogP contribution in [0.1, 0.15) is 37.8 Å². The summed E-state index contributed by atoms with van der Waals surface area (Å²) in [6.07, 6.45) is 8.13. The Bertz CT molecular complexity index is 307. The number of rotatable bonds is 3. The lowest BCUT2D eigenvalue weighted by atomic mass is 9.95. The monoisotopic (exact) mass is 228 g/mol. The third kappa shape index (κ3) is 2.46. The fourth-order valence-corrected chi connectivity index (χ4v) is 2.27. The topological polar surface area (TPSA) is 29.3 Å². The van der Waals surface area contributed by atoms with Crippen molar-refractivity contribution < 1.29 is 4.42 Å². The lowest BCUT2D eigenvalue weighted by Crippen LogP contribution is -2.33. The largest absolute Gasteiger partial charge is 0.432 e. The van der Waals surface area contributed by atoms with Gasteiger partial charge in [0, 0.05) is 13.1 Å². The molecular formula is C11H17ClN2O. The van der Waals surface area contributed by atoms with E-state index in [2.05, 4.69) is 16.9 Å². The van der Waals surface area contributed by atoms with E-state index in [9.17, 15) is 0 Å². The van der Waals surface area contributed by atoms with Crippen LogP contribution in [0.2, 0.25) is 0 Å². The third-order valence-electron chi connectivity index (χ3n) is 3.10. The van der Waals surface area contributed by atoms with Gasteiger partial charge in [0.25, 0.3) is 6.01 Å². The van der Waals surface area contributed by atoms with Crippen LogP contribution in [0.15, 0.2) is 10.7 Å². The highest BCUT2D eigenvalue weighted by Crippen LogP contribution is 2.25. The second kappa shape index (κ2) is 4.88. The van der Waals surface area contributed by atoms with Crippen molar-refractivity contribution in [2.45, 2.75) is 44.0 Å². The molecule has 15 heavy (non-hydrogen) atoms. The molecular weight excluding hydrogens is 212 g/mol. The average Bonchev–Trinajstić information content (AvgIpc) is 2.78. The van der Waals surface area contributed by atoms with Gasteiger partial charge in [0.2, 0.25) is 0 Å². The van der Waals surface area contributed by atoms with E-state index in [-0.39, 0.29) is 0 Å². The Hall–Kier alpha value is -0.700. The number of hydrogen-bond donors (Lipinski definition) is 0. The van der Waals surface area contributed by atoms with Gasteiger partial charge in [0.05, 0.1) is 11.6 Å². The first-order valence-corrected chi connectivity index (χ1v) is 6.08. The minimum Gasteiger partial charge on any atom is -0.432 e. The van der Waals surface area contributed by atoms with E-state index in [1.165, 1.54) is 32.1 Å². The highest BCUT2D eigenvalue weighted by molar-refractivity contribution is 6.16. The Morgan fingerprint density at radius 3 is 2.80 bits per heavy atom. The molecule has 2 rings (SSSR count). The van der Waals surface area contributed by atoms with E-state index in [1.807, 2.05) is 0 Å². The molecule has 4 heteroatoms. The van der Waals surface area contributed by atoms with Crippen LogP contribution in [0.4, 0.5) is 6.01 Å². The zero-order chi connectivity index (χ0) is 10.7. The van der Waals surface area contributed by atoms with Gasteiger partial charge in [0.1, 0.15) is 6.26 Å². The number of halogens is 1. The Kier molecular flexibility index (Phi) is 3.52. The van der Waals surface area contributed by atoms with E-state index >= 15 is 0 Å². The fourth-order valence-electron chi connectivity index (χ4n) is 2.14. The van der Waals surface area contributed by atoms with Gasteiger partial charge in [-0.15, -0.1) is 11.6 Å². The van der Waals surface area contributed by atoms with Gasteiger partial charge < -0.3 is 9.32 Å². The first-order chi connectivity index (χ1) is 7.31. The van der Waals surface area contributed by atoms with Gasteiger partial charge in [-0.2, -0.15) is 4.98 Å². The van der Waals surface area contributed by atoms with Crippen LogP contribution < -0.4 is 4.90 Å². The summed E-state index contributed by atoms with van der Waals surface area (Å²) in [6.45, 7) is 0. The van der Waals surface area contributed by atoms with Gasteiger partial charge >= 0.3 is 0 Å². The van der Waals surface area contributed by atoms with Crippen molar-refractivity contribution >= 4 is 17.6 Å². The van der Waals surface area contributed by atoms with Crippen molar-refractivity contribution in [2.24, 2.45) is 0 Å². The van der Waals surface area contributed by atoms with Crippen molar-refractivity contribution in [3.63, 3.8) is 0 Å². The average molecular weight is 229 g/mol. The molecule has 1 heterocycles. The van der Waals surface area contributed by atoms with Crippen molar-refractivity contribution in [3.05, 3.63) is 12.0 Å². The molecule has 0 aliphatic heterocycles. The molecule has 0 spiro atoms. The van der Waals surface area contributed by atoms with Gasteiger partial charge in [0.15, 0.2) is 0 Å². The summed E-state index contributed by atoms with van der Waals surface area (Å²) in [4.78, 5) is 6.48. The van der Waals surface area contributed by atoms with Crippen molar-refractivity contribution in [1.29, 1.82) is 0 Å². The van der Waals surface area contributed by atoms with Crippen LogP contribution >= 0.6 is 11.6 Å². The zero-order valence-corrected chi connectivity index (χ0v) is 9.83. The fraction of sp³-hybridized carbons (Fsp3) is 0.727. The van der Waals surface area contributed by atoms with Crippen LogP contribution in [0.3, 0.4) is 0 Å². The molecule has 3 nitrogen and oxygen atoms in total. The van der Waals surface area contributed by atoms with Crippen LogP contribution in [-0.2, 0) is 5.88 Å². The first kappa shape index (κ1) is 10.8. The molecule has 0 amide bonds. The summed E-state index contributed by atoms with van der Waals surface area (Å²) < 4.78 is 5.40. The standard InChI is InChI=1S/C11H17ClN2O/c1-14(10-5-3-2-4-6-10)11-13-9(7-12)8-15-11/h8,10H,2-7H2,1H3. The molecule has 1 fully saturated rings. The smallest absolute Gasteiger partial charge is 0.297 e. The lowest BCUT2D eigenvalue weighted by molar-refractivity contribution is 0.405. The van der Waals surface area contributed by atoms with E-state index in [0.29, 0.717) is 17.9 Å². The molecule has 1 saturated carbocycles. The molecule has 0 aromatic carbocycles. The lowest BCUT2D eigenvalue weighted by Gasteiger charge is -2.29. The van der Waals surface area contributed by atoms with Gasteiger partial charge in [-0.1, -0.05) is 19.3 Å².